The van der Waals surface area contributed by atoms with Crippen molar-refractivity contribution in [1.82, 2.24) is 4.90 Å². The van der Waals surface area contributed by atoms with E-state index in [1.165, 1.54) is 70.5 Å². The SMILES string of the molecule is CCC(CC)CN1CCN(c2ccccc2C2CC(C)(C)CC(C)(C)C2)CC1. The zero-order valence-electron chi connectivity index (χ0n) is 19.4. The fourth-order valence-corrected chi connectivity index (χ4v) is 6.27. The number of rotatable bonds is 6. The molecule has 0 radical (unpaired) electrons. The van der Waals surface area contributed by atoms with Crippen LogP contribution in [0, 0.1) is 16.7 Å². The van der Waals surface area contributed by atoms with E-state index in [4.69, 9.17) is 0 Å². The van der Waals surface area contributed by atoms with Crippen LogP contribution in [0.1, 0.15) is 85.1 Å². The molecule has 0 spiro atoms. The Hall–Kier alpha value is -1.02. The minimum atomic E-state index is 0.438. The van der Waals surface area contributed by atoms with Gasteiger partial charge in [0.15, 0.2) is 0 Å². The van der Waals surface area contributed by atoms with Crippen LogP contribution in [-0.2, 0) is 0 Å². The number of anilines is 1. The molecule has 2 aliphatic rings. The van der Waals surface area contributed by atoms with Gasteiger partial charge < -0.3 is 4.90 Å². The second-order valence-corrected chi connectivity index (χ2v) is 11.1. The van der Waals surface area contributed by atoms with Crippen LogP contribution in [0.5, 0.6) is 0 Å². The first-order chi connectivity index (χ1) is 13.2. The number of para-hydroxylation sites is 1. The lowest BCUT2D eigenvalue weighted by Gasteiger charge is -2.46. The molecule has 28 heavy (non-hydrogen) atoms. The van der Waals surface area contributed by atoms with Crippen LogP contribution < -0.4 is 4.90 Å². The van der Waals surface area contributed by atoms with E-state index in [2.05, 4.69) is 75.6 Å². The van der Waals surface area contributed by atoms with E-state index in [0.717, 1.165) is 5.92 Å². The molecule has 0 bridgehead atoms. The van der Waals surface area contributed by atoms with Crippen LogP contribution in [0.2, 0.25) is 0 Å². The Morgan fingerprint density at radius 3 is 2.04 bits per heavy atom. The Labute approximate surface area is 174 Å². The highest BCUT2D eigenvalue weighted by molar-refractivity contribution is 5.56. The van der Waals surface area contributed by atoms with Crippen molar-refractivity contribution in [2.75, 3.05) is 37.6 Å². The van der Waals surface area contributed by atoms with Crippen LogP contribution in [0.3, 0.4) is 0 Å². The zero-order valence-corrected chi connectivity index (χ0v) is 19.4. The van der Waals surface area contributed by atoms with E-state index in [1.54, 1.807) is 5.56 Å². The number of hydrogen-bond acceptors (Lipinski definition) is 2. The summed E-state index contributed by atoms with van der Waals surface area (Å²) in [5, 5.41) is 0. The fourth-order valence-electron chi connectivity index (χ4n) is 6.27. The maximum absolute atomic E-state index is 2.70. The summed E-state index contributed by atoms with van der Waals surface area (Å²) in [6.45, 7) is 20.6. The lowest BCUT2D eigenvalue weighted by Crippen LogP contribution is -2.48. The minimum absolute atomic E-state index is 0.438. The molecule has 1 heterocycles. The van der Waals surface area contributed by atoms with Crippen molar-refractivity contribution in [3.05, 3.63) is 29.8 Å². The van der Waals surface area contributed by atoms with Crippen LogP contribution in [-0.4, -0.2) is 37.6 Å². The molecule has 0 aromatic heterocycles. The number of benzene rings is 1. The minimum Gasteiger partial charge on any atom is -0.369 e. The Bertz CT molecular complexity index is 605. The lowest BCUT2D eigenvalue weighted by atomic mass is 9.60. The molecule has 2 nitrogen and oxygen atoms in total. The molecular weight excluding hydrogens is 340 g/mol. The molecule has 1 saturated carbocycles. The normalized spacial score (nSPS) is 23.3. The van der Waals surface area contributed by atoms with Gasteiger partial charge in [-0.2, -0.15) is 0 Å². The summed E-state index contributed by atoms with van der Waals surface area (Å²) in [7, 11) is 0. The summed E-state index contributed by atoms with van der Waals surface area (Å²) in [4.78, 5) is 5.37. The fraction of sp³-hybridized carbons (Fsp3) is 0.769. The van der Waals surface area contributed by atoms with Gasteiger partial charge in [-0.1, -0.05) is 72.6 Å². The molecule has 1 aliphatic carbocycles. The van der Waals surface area contributed by atoms with Crippen LogP contribution in [0.25, 0.3) is 0 Å². The number of hydrogen-bond donors (Lipinski definition) is 0. The van der Waals surface area contributed by atoms with Crippen molar-refractivity contribution in [1.29, 1.82) is 0 Å². The zero-order chi connectivity index (χ0) is 20.4. The van der Waals surface area contributed by atoms with E-state index in [-0.39, 0.29) is 0 Å². The molecule has 158 valence electrons. The predicted octanol–water partition coefficient (Wildman–Crippen LogP) is 6.56. The van der Waals surface area contributed by atoms with Crippen molar-refractivity contribution in [2.45, 2.75) is 79.6 Å². The Morgan fingerprint density at radius 1 is 0.893 bits per heavy atom. The largest absolute Gasteiger partial charge is 0.369 e. The van der Waals surface area contributed by atoms with Gasteiger partial charge in [-0.15, -0.1) is 0 Å². The molecular formula is C26H44N2. The number of piperazine rings is 1. The Morgan fingerprint density at radius 2 is 1.46 bits per heavy atom. The third-order valence-electron chi connectivity index (χ3n) is 7.32. The average molecular weight is 385 g/mol. The molecule has 1 aliphatic heterocycles. The highest BCUT2D eigenvalue weighted by atomic mass is 15.3. The Balaban J connectivity index is 1.71. The summed E-state index contributed by atoms with van der Waals surface area (Å²) in [6.07, 6.45) is 6.61. The molecule has 2 fully saturated rings. The highest BCUT2D eigenvalue weighted by Crippen LogP contribution is 2.53. The van der Waals surface area contributed by atoms with Gasteiger partial charge in [0.05, 0.1) is 0 Å². The van der Waals surface area contributed by atoms with E-state index in [1.807, 2.05) is 0 Å². The van der Waals surface area contributed by atoms with Crippen molar-refractivity contribution in [3.63, 3.8) is 0 Å². The molecule has 0 N–H and O–H groups in total. The summed E-state index contributed by atoms with van der Waals surface area (Å²) in [5.41, 5.74) is 4.00. The summed E-state index contributed by atoms with van der Waals surface area (Å²) < 4.78 is 0. The highest BCUT2D eigenvalue weighted by Gasteiger charge is 2.39. The van der Waals surface area contributed by atoms with Crippen molar-refractivity contribution < 1.29 is 0 Å². The van der Waals surface area contributed by atoms with Gasteiger partial charge in [0.1, 0.15) is 0 Å². The standard InChI is InChI=1S/C26H44N2/c1-7-21(8-2)19-27-13-15-28(16-14-27)24-12-10-9-11-23(24)22-17-25(3,4)20-26(5,6)18-22/h9-12,21-22H,7-8,13-20H2,1-6H3. The van der Waals surface area contributed by atoms with Crippen LogP contribution in [0.15, 0.2) is 24.3 Å². The topological polar surface area (TPSA) is 6.48 Å². The number of nitrogens with zero attached hydrogens (tertiary/aromatic N) is 2. The van der Waals surface area contributed by atoms with Gasteiger partial charge in [-0.3, -0.25) is 4.90 Å². The second-order valence-electron chi connectivity index (χ2n) is 11.1. The predicted molar refractivity (Wildman–Crippen MR) is 123 cm³/mol. The Kier molecular flexibility index (Phi) is 6.80. The van der Waals surface area contributed by atoms with Crippen LogP contribution >= 0.6 is 0 Å². The maximum atomic E-state index is 2.70. The summed E-state index contributed by atoms with van der Waals surface area (Å²) >= 11 is 0. The first-order valence-corrected chi connectivity index (χ1v) is 11.8. The molecule has 0 atom stereocenters. The van der Waals surface area contributed by atoms with Crippen LogP contribution in [0.4, 0.5) is 5.69 Å². The van der Waals surface area contributed by atoms with E-state index in [9.17, 15) is 0 Å². The third kappa shape index (κ3) is 5.32. The summed E-state index contributed by atoms with van der Waals surface area (Å²) in [5.74, 6) is 1.56. The van der Waals surface area contributed by atoms with E-state index < -0.39 is 0 Å². The third-order valence-corrected chi connectivity index (χ3v) is 7.32. The van der Waals surface area contributed by atoms with E-state index >= 15 is 0 Å². The molecule has 1 aromatic rings. The maximum Gasteiger partial charge on any atom is 0.0402 e. The molecule has 2 heteroatoms. The lowest BCUT2D eigenvalue weighted by molar-refractivity contribution is 0.0969. The van der Waals surface area contributed by atoms with Gasteiger partial charge >= 0.3 is 0 Å². The molecule has 0 amide bonds. The quantitative estimate of drug-likeness (QED) is 0.547. The summed E-state index contributed by atoms with van der Waals surface area (Å²) in [6, 6.07) is 9.32. The van der Waals surface area contributed by atoms with Crippen molar-refractivity contribution in [3.8, 4) is 0 Å². The smallest absolute Gasteiger partial charge is 0.0402 e. The van der Waals surface area contributed by atoms with Crippen molar-refractivity contribution in [2.24, 2.45) is 16.7 Å². The average Bonchev–Trinajstić information content (AvgIpc) is 2.64. The molecule has 1 saturated heterocycles. The van der Waals surface area contributed by atoms with Crippen molar-refractivity contribution >= 4 is 5.69 Å². The van der Waals surface area contributed by atoms with Gasteiger partial charge in [0.2, 0.25) is 0 Å². The molecule has 0 unspecified atom stereocenters. The molecule has 3 rings (SSSR count). The molecule has 1 aromatic carbocycles. The first kappa shape index (κ1) is 21.7. The van der Waals surface area contributed by atoms with Gasteiger partial charge in [-0.25, -0.2) is 0 Å². The second kappa shape index (κ2) is 8.78. The first-order valence-electron chi connectivity index (χ1n) is 11.8. The van der Waals surface area contributed by atoms with Gasteiger partial charge in [0, 0.05) is 38.4 Å². The monoisotopic (exact) mass is 384 g/mol. The van der Waals surface area contributed by atoms with Gasteiger partial charge in [0.25, 0.3) is 0 Å². The van der Waals surface area contributed by atoms with E-state index in [0.29, 0.717) is 16.7 Å². The van der Waals surface area contributed by atoms with Gasteiger partial charge in [-0.05, 0) is 53.6 Å².